The summed E-state index contributed by atoms with van der Waals surface area (Å²) in [5.74, 6) is -1.31. The molecule has 3 rings (SSSR count). The summed E-state index contributed by atoms with van der Waals surface area (Å²) < 4.78 is 0. The number of phenolic OH excluding ortho intramolecular Hbond substituents is 1. The molecule has 1 atom stereocenters. The fourth-order valence-corrected chi connectivity index (χ4v) is 3.41. The molecule has 7 heteroatoms. The first-order valence-electron chi connectivity index (χ1n) is 9.90. The zero-order valence-electron chi connectivity index (χ0n) is 16.6. The molecule has 0 bridgehead atoms. The number of hydrogen-bond donors (Lipinski definition) is 3. The van der Waals surface area contributed by atoms with Gasteiger partial charge in [0.2, 0.25) is 11.8 Å². The van der Waals surface area contributed by atoms with Crippen molar-refractivity contribution in [1.82, 2.24) is 10.2 Å². The molecule has 30 heavy (non-hydrogen) atoms. The van der Waals surface area contributed by atoms with E-state index in [0.717, 1.165) is 25.3 Å². The summed E-state index contributed by atoms with van der Waals surface area (Å²) in [6.07, 6.45) is 4.06. The third-order valence-corrected chi connectivity index (χ3v) is 5.03. The number of aromatic hydroxyl groups is 1. The van der Waals surface area contributed by atoms with Gasteiger partial charge < -0.3 is 20.6 Å². The standard InChI is InChI=1S/C23H25N3O4/c1-2-20(28)24-18-15-17(11-12-19(18)27)22(29)25-21(16-9-5-3-6-10-16)23(30)26-13-7-4-8-14-26/h2-3,5-6,9-12,15,21,27H,1,4,7-8,13-14H2,(H,24,28)(H,25,29)/t21-/m1/s1. The molecule has 0 unspecified atom stereocenters. The maximum atomic E-state index is 13.2. The predicted octanol–water partition coefficient (Wildman–Crippen LogP) is 3.00. The highest BCUT2D eigenvalue weighted by Gasteiger charge is 2.28. The van der Waals surface area contributed by atoms with Crippen molar-refractivity contribution in [3.8, 4) is 5.75 Å². The summed E-state index contributed by atoms with van der Waals surface area (Å²) in [5, 5.41) is 15.2. The van der Waals surface area contributed by atoms with E-state index in [1.807, 2.05) is 18.2 Å². The number of carbonyl (C=O) groups excluding carboxylic acids is 3. The summed E-state index contributed by atoms with van der Waals surface area (Å²) in [7, 11) is 0. The number of anilines is 1. The summed E-state index contributed by atoms with van der Waals surface area (Å²) in [6.45, 7) is 4.72. The molecule has 2 aromatic carbocycles. The second-order valence-corrected chi connectivity index (χ2v) is 7.13. The van der Waals surface area contributed by atoms with Crippen LogP contribution in [0.1, 0.15) is 41.2 Å². The Bertz CT molecular complexity index is 937. The Morgan fingerprint density at radius 3 is 2.40 bits per heavy atom. The van der Waals surface area contributed by atoms with E-state index in [4.69, 9.17) is 0 Å². The lowest BCUT2D eigenvalue weighted by Crippen LogP contribution is -2.45. The van der Waals surface area contributed by atoms with E-state index in [0.29, 0.717) is 18.7 Å². The molecule has 3 N–H and O–H groups in total. The van der Waals surface area contributed by atoms with E-state index in [-0.39, 0.29) is 22.9 Å². The summed E-state index contributed by atoms with van der Waals surface area (Å²) in [5.41, 5.74) is 0.992. The molecule has 0 spiro atoms. The van der Waals surface area contributed by atoms with Gasteiger partial charge >= 0.3 is 0 Å². The van der Waals surface area contributed by atoms with E-state index >= 15 is 0 Å². The molecule has 0 aliphatic carbocycles. The van der Waals surface area contributed by atoms with Crippen LogP contribution in [0.2, 0.25) is 0 Å². The van der Waals surface area contributed by atoms with Gasteiger partial charge in [-0.3, -0.25) is 14.4 Å². The summed E-state index contributed by atoms with van der Waals surface area (Å²) in [6, 6.07) is 12.4. The van der Waals surface area contributed by atoms with Crippen molar-refractivity contribution in [2.24, 2.45) is 0 Å². The first kappa shape index (κ1) is 21.1. The minimum Gasteiger partial charge on any atom is -0.506 e. The molecule has 7 nitrogen and oxygen atoms in total. The van der Waals surface area contributed by atoms with Crippen LogP contribution in [0, 0.1) is 0 Å². The molecule has 0 radical (unpaired) electrons. The average molecular weight is 407 g/mol. The second kappa shape index (κ2) is 9.73. The Morgan fingerprint density at radius 2 is 1.73 bits per heavy atom. The maximum Gasteiger partial charge on any atom is 0.252 e. The third-order valence-electron chi connectivity index (χ3n) is 5.03. The Labute approximate surface area is 175 Å². The molecule has 1 aliphatic heterocycles. The Kier molecular flexibility index (Phi) is 6.85. The van der Waals surface area contributed by atoms with E-state index in [1.54, 1.807) is 17.0 Å². The van der Waals surface area contributed by atoms with Gasteiger partial charge in [-0.15, -0.1) is 0 Å². The van der Waals surface area contributed by atoms with Gasteiger partial charge in [-0.25, -0.2) is 0 Å². The molecule has 1 saturated heterocycles. The van der Waals surface area contributed by atoms with Crippen LogP contribution in [0.15, 0.2) is 61.2 Å². The van der Waals surface area contributed by atoms with Gasteiger partial charge in [-0.1, -0.05) is 36.9 Å². The number of phenols is 1. The number of rotatable bonds is 6. The van der Waals surface area contributed by atoms with Crippen LogP contribution in [0.5, 0.6) is 5.75 Å². The Morgan fingerprint density at radius 1 is 1.03 bits per heavy atom. The van der Waals surface area contributed by atoms with Crippen molar-refractivity contribution >= 4 is 23.4 Å². The maximum absolute atomic E-state index is 13.2. The van der Waals surface area contributed by atoms with Crippen LogP contribution >= 0.6 is 0 Å². The normalized spacial score (nSPS) is 14.5. The van der Waals surface area contributed by atoms with Gasteiger partial charge in [-0.05, 0) is 49.1 Å². The largest absolute Gasteiger partial charge is 0.506 e. The molecule has 156 valence electrons. The van der Waals surface area contributed by atoms with E-state index in [2.05, 4.69) is 17.2 Å². The first-order valence-corrected chi connectivity index (χ1v) is 9.90. The van der Waals surface area contributed by atoms with Crippen LogP contribution in [0.4, 0.5) is 5.69 Å². The molecular weight excluding hydrogens is 382 g/mol. The lowest BCUT2D eigenvalue weighted by atomic mass is 10.0. The highest BCUT2D eigenvalue weighted by Crippen LogP contribution is 2.25. The smallest absolute Gasteiger partial charge is 0.252 e. The van der Waals surface area contributed by atoms with Crippen LogP contribution in [0.25, 0.3) is 0 Å². The van der Waals surface area contributed by atoms with Crippen LogP contribution in [0.3, 0.4) is 0 Å². The number of nitrogens with one attached hydrogen (secondary N) is 2. The van der Waals surface area contributed by atoms with Gasteiger partial charge in [0, 0.05) is 18.7 Å². The lowest BCUT2D eigenvalue weighted by Gasteiger charge is -2.31. The predicted molar refractivity (Wildman–Crippen MR) is 114 cm³/mol. The molecule has 3 amide bonds. The zero-order chi connectivity index (χ0) is 21.5. The monoisotopic (exact) mass is 407 g/mol. The lowest BCUT2D eigenvalue weighted by molar-refractivity contribution is -0.134. The molecular formula is C23H25N3O4. The molecule has 0 saturated carbocycles. The number of benzene rings is 2. The molecule has 1 fully saturated rings. The topological polar surface area (TPSA) is 98.7 Å². The number of likely N-dealkylation sites (tertiary alicyclic amines) is 1. The zero-order valence-corrected chi connectivity index (χ0v) is 16.6. The molecule has 1 heterocycles. The van der Waals surface area contributed by atoms with Crippen molar-refractivity contribution in [1.29, 1.82) is 0 Å². The van der Waals surface area contributed by atoms with Gasteiger partial charge in [0.05, 0.1) is 5.69 Å². The molecule has 2 aromatic rings. The molecule has 0 aromatic heterocycles. The number of nitrogens with zero attached hydrogens (tertiary/aromatic N) is 1. The van der Waals surface area contributed by atoms with Crippen LogP contribution in [-0.2, 0) is 9.59 Å². The number of piperidine rings is 1. The third kappa shape index (κ3) is 5.05. The van der Waals surface area contributed by atoms with Crippen molar-refractivity contribution in [2.45, 2.75) is 25.3 Å². The number of amides is 3. The van der Waals surface area contributed by atoms with Crippen LogP contribution in [-0.4, -0.2) is 40.8 Å². The quantitative estimate of drug-likeness (QED) is 0.506. The highest BCUT2D eigenvalue weighted by atomic mass is 16.3. The van der Waals surface area contributed by atoms with Crippen molar-refractivity contribution in [2.75, 3.05) is 18.4 Å². The van der Waals surface area contributed by atoms with Gasteiger partial charge in [0.25, 0.3) is 5.91 Å². The average Bonchev–Trinajstić information content (AvgIpc) is 2.79. The summed E-state index contributed by atoms with van der Waals surface area (Å²) >= 11 is 0. The summed E-state index contributed by atoms with van der Waals surface area (Å²) in [4.78, 5) is 39.4. The van der Waals surface area contributed by atoms with Crippen molar-refractivity contribution in [3.63, 3.8) is 0 Å². The second-order valence-electron chi connectivity index (χ2n) is 7.13. The van der Waals surface area contributed by atoms with Crippen LogP contribution < -0.4 is 10.6 Å². The SMILES string of the molecule is C=CC(=O)Nc1cc(C(=O)N[C@@H](C(=O)N2CCCCC2)c2ccccc2)ccc1O. The Hall–Kier alpha value is -3.61. The van der Waals surface area contributed by atoms with Crippen molar-refractivity contribution < 1.29 is 19.5 Å². The van der Waals surface area contributed by atoms with Gasteiger partial charge in [-0.2, -0.15) is 0 Å². The number of hydrogen-bond acceptors (Lipinski definition) is 4. The fraction of sp³-hybridized carbons (Fsp3) is 0.261. The van der Waals surface area contributed by atoms with Gasteiger partial charge in [0.1, 0.15) is 11.8 Å². The van der Waals surface area contributed by atoms with E-state index in [9.17, 15) is 19.5 Å². The highest BCUT2D eigenvalue weighted by molar-refractivity contribution is 6.02. The van der Waals surface area contributed by atoms with Gasteiger partial charge in [0.15, 0.2) is 0 Å². The minimum atomic E-state index is -0.822. The Balaban J connectivity index is 1.84. The van der Waals surface area contributed by atoms with Crippen molar-refractivity contribution in [3.05, 3.63) is 72.3 Å². The minimum absolute atomic E-state index is 0.0890. The molecule has 1 aliphatic rings. The van der Waals surface area contributed by atoms with E-state index < -0.39 is 17.9 Å². The number of carbonyl (C=O) groups is 3. The first-order chi connectivity index (χ1) is 14.5. The van der Waals surface area contributed by atoms with E-state index in [1.165, 1.54) is 18.2 Å². The fourth-order valence-electron chi connectivity index (χ4n) is 3.41.